The van der Waals surface area contributed by atoms with E-state index in [1.807, 2.05) is 25.1 Å². The van der Waals surface area contributed by atoms with Crippen LogP contribution in [-0.2, 0) is 6.42 Å². The van der Waals surface area contributed by atoms with Crippen LogP contribution in [0.2, 0.25) is 5.02 Å². The third-order valence-corrected chi connectivity index (χ3v) is 3.74. The van der Waals surface area contributed by atoms with Gasteiger partial charge in [0, 0.05) is 11.1 Å². The Hall–Kier alpha value is -1.52. The van der Waals surface area contributed by atoms with Gasteiger partial charge in [0.25, 0.3) is 0 Å². The summed E-state index contributed by atoms with van der Waals surface area (Å²) in [6.45, 7) is 1.93. The Kier molecular flexibility index (Phi) is 4.91. The van der Waals surface area contributed by atoms with Gasteiger partial charge in [0.2, 0.25) is 0 Å². The van der Waals surface area contributed by atoms with Crippen LogP contribution in [0.4, 0.5) is 13.2 Å². The first-order valence-corrected chi connectivity index (χ1v) is 6.87. The number of hydrogen-bond donors (Lipinski definition) is 1. The highest BCUT2D eigenvalue weighted by Gasteiger charge is 2.17. The van der Waals surface area contributed by atoms with E-state index >= 15 is 0 Å². The molecular formula is C16H15ClF3N. The molecule has 21 heavy (non-hydrogen) atoms. The number of nitrogens with one attached hydrogen (secondary N) is 1. The van der Waals surface area contributed by atoms with E-state index < -0.39 is 17.5 Å². The molecule has 1 N–H and O–H groups in total. The van der Waals surface area contributed by atoms with E-state index in [2.05, 4.69) is 5.32 Å². The summed E-state index contributed by atoms with van der Waals surface area (Å²) in [5.41, 5.74) is 2.22. The van der Waals surface area contributed by atoms with Crippen LogP contribution in [0.5, 0.6) is 0 Å². The van der Waals surface area contributed by atoms with Crippen molar-refractivity contribution in [2.45, 2.75) is 19.4 Å². The normalized spacial score (nSPS) is 12.5. The molecule has 0 heterocycles. The first-order chi connectivity index (χ1) is 9.92. The summed E-state index contributed by atoms with van der Waals surface area (Å²) >= 11 is 6.17. The first kappa shape index (κ1) is 15.9. The van der Waals surface area contributed by atoms with Crippen molar-refractivity contribution in [3.8, 4) is 0 Å². The minimum absolute atomic E-state index is 0.338. The zero-order chi connectivity index (χ0) is 15.6. The summed E-state index contributed by atoms with van der Waals surface area (Å²) in [6, 6.07) is 7.26. The van der Waals surface area contributed by atoms with E-state index in [1.165, 1.54) is 0 Å². The maximum absolute atomic E-state index is 13.3. The topological polar surface area (TPSA) is 12.0 Å². The van der Waals surface area contributed by atoms with Crippen molar-refractivity contribution >= 4 is 11.6 Å². The molecule has 0 amide bonds. The molecule has 0 aliphatic rings. The molecule has 1 unspecified atom stereocenters. The van der Waals surface area contributed by atoms with Crippen LogP contribution in [0.3, 0.4) is 0 Å². The molecular weight excluding hydrogens is 299 g/mol. The molecule has 0 aliphatic heterocycles. The molecule has 5 heteroatoms. The fourth-order valence-electron chi connectivity index (χ4n) is 2.20. The number of benzene rings is 2. The molecule has 0 aromatic heterocycles. The standard InChI is InChI=1S/C16H15ClF3N/c1-9-3-4-10(12(17)5-9)8-15(21-2)11-6-13(18)16(20)14(19)7-11/h3-7,15,21H,8H2,1-2H3. The molecule has 2 aromatic rings. The highest BCUT2D eigenvalue weighted by Crippen LogP contribution is 2.26. The summed E-state index contributed by atoms with van der Waals surface area (Å²) in [5.74, 6) is -3.84. The predicted octanol–water partition coefficient (Wildman–Crippen LogP) is 4.57. The zero-order valence-electron chi connectivity index (χ0n) is 11.7. The number of hydrogen-bond acceptors (Lipinski definition) is 1. The van der Waals surface area contributed by atoms with E-state index in [0.717, 1.165) is 23.3 Å². The summed E-state index contributed by atoms with van der Waals surface area (Å²) in [7, 11) is 1.67. The predicted molar refractivity (Wildman–Crippen MR) is 78.0 cm³/mol. The van der Waals surface area contributed by atoms with Gasteiger partial charge in [-0.3, -0.25) is 0 Å². The second kappa shape index (κ2) is 6.50. The molecule has 0 fully saturated rings. The van der Waals surface area contributed by atoms with E-state index in [0.29, 0.717) is 17.0 Å². The quantitative estimate of drug-likeness (QED) is 0.815. The van der Waals surface area contributed by atoms with Crippen molar-refractivity contribution in [1.29, 1.82) is 0 Å². The minimum atomic E-state index is -1.46. The van der Waals surface area contributed by atoms with Gasteiger partial charge in [-0.25, -0.2) is 13.2 Å². The van der Waals surface area contributed by atoms with Gasteiger partial charge in [0.1, 0.15) is 0 Å². The molecule has 1 atom stereocenters. The molecule has 0 saturated carbocycles. The van der Waals surface area contributed by atoms with Gasteiger partial charge in [-0.1, -0.05) is 23.7 Å². The molecule has 1 nitrogen and oxygen atoms in total. The van der Waals surface area contributed by atoms with Gasteiger partial charge in [-0.2, -0.15) is 0 Å². The molecule has 112 valence electrons. The van der Waals surface area contributed by atoms with Crippen LogP contribution in [0.15, 0.2) is 30.3 Å². The number of halogens is 4. The average Bonchev–Trinajstić information content (AvgIpc) is 2.43. The van der Waals surface area contributed by atoms with E-state index in [4.69, 9.17) is 11.6 Å². The van der Waals surface area contributed by atoms with Gasteiger partial charge in [0.05, 0.1) is 0 Å². The highest BCUT2D eigenvalue weighted by molar-refractivity contribution is 6.31. The molecule has 0 saturated heterocycles. The SMILES string of the molecule is CNC(Cc1ccc(C)cc1Cl)c1cc(F)c(F)c(F)c1. The largest absolute Gasteiger partial charge is 0.313 e. The van der Waals surface area contributed by atoms with Crippen LogP contribution in [0, 0.1) is 24.4 Å². The molecule has 2 rings (SSSR count). The van der Waals surface area contributed by atoms with Crippen molar-refractivity contribution in [3.63, 3.8) is 0 Å². The lowest BCUT2D eigenvalue weighted by atomic mass is 9.98. The van der Waals surface area contributed by atoms with Gasteiger partial charge in [-0.15, -0.1) is 0 Å². The summed E-state index contributed by atoms with van der Waals surface area (Å²) in [4.78, 5) is 0. The van der Waals surface area contributed by atoms with Crippen LogP contribution < -0.4 is 5.32 Å². The summed E-state index contributed by atoms with van der Waals surface area (Å²) in [5, 5.41) is 3.56. The molecule has 0 radical (unpaired) electrons. The number of likely N-dealkylation sites (N-methyl/N-ethyl adjacent to an activating group) is 1. The van der Waals surface area contributed by atoms with Gasteiger partial charge < -0.3 is 5.32 Å². The lowest BCUT2D eigenvalue weighted by Gasteiger charge is -2.18. The lowest BCUT2D eigenvalue weighted by Crippen LogP contribution is -2.19. The van der Waals surface area contributed by atoms with Gasteiger partial charge in [-0.05, 0) is 55.3 Å². The number of aryl methyl sites for hydroxylation is 1. The van der Waals surface area contributed by atoms with Crippen molar-refractivity contribution in [3.05, 3.63) is 69.5 Å². The highest BCUT2D eigenvalue weighted by atomic mass is 35.5. The van der Waals surface area contributed by atoms with E-state index in [1.54, 1.807) is 7.05 Å². The smallest absolute Gasteiger partial charge is 0.194 e. The average molecular weight is 314 g/mol. The van der Waals surface area contributed by atoms with Crippen molar-refractivity contribution in [1.82, 2.24) is 5.32 Å². The van der Waals surface area contributed by atoms with Crippen LogP contribution >= 0.6 is 11.6 Å². The lowest BCUT2D eigenvalue weighted by molar-refractivity contribution is 0.441. The monoisotopic (exact) mass is 313 g/mol. The molecule has 0 spiro atoms. The summed E-state index contributed by atoms with van der Waals surface area (Å²) in [6.07, 6.45) is 0.445. The Balaban J connectivity index is 2.32. The zero-order valence-corrected chi connectivity index (χ0v) is 12.4. The maximum Gasteiger partial charge on any atom is 0.194 e. The fraction of sp³-hybridized carbons (Fsp3) is 0.250. The Morgan fingerprint density at radius 3 is 2.24 bits per heavy atom. The third kappa shape index (κ3) is 3.57. The van der Waals surface area contributed by atoms with Crippen molar-refractivity contribution < 1.29 is 13.2 Å². The minimum Gasteiger partial charge on any atom is -0.313 e. The Morgan fingerprint density at radius 2 is 1.71 bits per heavy atom. The van der Waals surface area contributed by atoms with Crippen LogP contribution in [-0.4, -0.2) is 7.05 Å². The fourth-order valence-corrected chi connectivity index (χ4v) is 2.51. The first-order valence-electron chi connectivity index (χ1n) is 6.49. The summed E-state index contributed by atoms with van der Waals surface area (Å²) < 4.78 is 39.7. The van der Waals surface area contributed by atoms with Gasteiger partial charge >= 0.3 is 0 Å². The Labute approximate surface area is 126 Å². The number of rotatable bonds is 4. The molecule has 0 bridgehead atoms. The Bertz CT molecular complexity index is 635. The van der Waals surface area contributed by atoms with Gasteiger partial charge in [0.15, 0.2) is 17.5 Å². The molecule has 0 aliphatic carbocycles. The van der Waals surface area contributed by atoms with Crippen LogP contribution in [0.1, 0.15) is 22.7 Å². The van der Waals surface area contributed by atoms with E-state index in [-0.39, 0.29) is 6.04 Å². The second-order valence-corrected chi connectivity index (χ2v) is 5.35. The van der Waals surface area contributed by atoms with E-state index in [9.17, 15) is 13.2 Å². The maximum atomic E-state index is 13.3. The second-order valence-electron chi connectivity index (χ2n) is 4.94. The van der Waals surface area contributed by atoms with Crippen molar-refractivity contribution in [2.75, 3.05) is 7.05 Å². The Morgan fingerprint density at radius 1 is 1.10 bits per heavy atom. The van der Waals surface area contributed by atoms with Crippen LogP contribution in [0.25, 0.3) is 0 Å². The van der Waals surface area contributed by atoms with Crippen molar-refractivity contribution in [2.24, 2.45) is 0 Å². The third-order valence-electron chi connectivity index (χ3n) is 3.39. The molecule has 2 aromatic carbocycles.